The van der Waals surface area contributed by atoms with E-state index in [1.54, 1.807) is 12.4 Å². The van der Waals surface area contributed by atoms with Gasteiger partial charge in [0.15, 0.2) is 0 Å². The van der Waals surface area contributed by atoms with E-state index in [1.165, 1.54) is 4.68 Å². The summed E-state index contributed by atoms with van der Waals surface area (Å²) in [6.07, 6.45) is 4.24. The molecule has 2 heterocycles. The summed E-state index contributed by atoms with van der Waals surface area (Å²) in [6, 6.07) is 0.269. The van der Waals surface area contributed by atoms with Crippen LogP contribution in [0.5, 0.6) is 0 Å². The molecule has 1 aromatic rings. The summed E-state index contributed by atoms with van der Waals surface area (Å²) in [6.45, 7) is 2.09. The Morgan fingerprint density at radius 3 is 3.29 bits per heavy atom. The Bertz CT molecular complexity index is 291. The van der Waals surface area contributed by atoms with Crippen LogP contribution >= 0.6 is 0 Å². The SMILES string of the molecule is O=C(Cn1ccnn1)N[C@@H]1CCNC1. The van der Waals surface area contributed by atoms with E-state index in [1.807, 2.05) is 0 Å². The first-order valence-electron chi connectivity index (χ1n) is 4.69. The van der Waals surface area contributed by atoms with Crippen LogP contribution in [0.3, 0.4) is 0 Å². The third kappa shape index (κ3) is 2.29. The zero-order valence-electron chi connectivity index (χ0n) is 7.81. The summed E-state index contributed by atoms with van der Waals surface area (Å²) in [4.78, 5) is 11.4. The van der Waals surface area contributed by atoms with Crippen LogP contribution in [0.1, 0.15) is 6.42 Å². The largest absolute Gasteiger partial charge is 0.350 e. The molecule has 6 heteroatoms. The number of hydrogen-bond donors (Lipinski definition) is 2. The molecule has 0 radical (unpaired) electrons. The van der Waals surface area contributed by atoms with Crippen molar-refractivity contribution >= 4 is 5.91 Å². The molecule has 0 aromatic carbocycles. The van der Waals surface area contributed by atoms with Gasteiger partial charge in [0.05, 0.1) is 6.20 Å². The second-order valence-corrected chi connectivity index (χ2v) is 3.36. The summed E-state index contributed by atoms with van der Waals surface area (Å²) in [5.74, 6) is -0.01000. The van der Waals surface area contributed by atoms with Gasteiger partial charge in [-0.25, -0.2) is 4.68 Å². The second-order valence-electron chi connectivity index (χ2n) is 3.36. The molecule has 1 atom stereocenters. The van der Waals surface area contributed by atoms with Gasteiger partial charge >= 0.3 is 0 Å². The molecule has 1 amide bonds. The van der Waals surface area contributed by atoms with Crippen molar-refractivity contribution in [1.82, 2.24) is 25.6 Å². The highest BCUT2D eigenvalue weighted by Crippen LogP contribution is 1.96. The lowest BCUT2D eigenvalue weighted by molar-refractivity contribution is -0.122. The Morgan fingerprint density at radius 1 is 1.71 bits per heavy atom. The third-order valence-corrected chi connectivity index (χ3v) is 2.20. The van der Waals surface area contributed by atoms with Crippen LogP contribution in [0.2, 0.25) is 0 Å². The number of rotatable bonds is 3. The Labute approximate surface area is 81.7 Å². The lowest BCUT2D eigenvalue weighted by Crippen LogP contribution is -2.38. The van der Waals surface area contributed by atoms with Crippen LogP contribution in [0.25, 0.3) is 0 Å². The molecular weight excluding hydrogens is 182 g/mol. The zero-order chi connectivity index (χ0) is 9.80. The lowest BCUT2D eigenvalue weighted by atomic mass is 10.2. The van der Waals surface area contributed by atoms with E-state index in [2.05, 4.69) is 20.9 Å². The topological polar surface area (TPSA) is 71.8 Å². The Hall–Kier alpha value is -1.43. The van der Waals surface area contributed by atoms with E-state index in [9.17, 15) is 4.79 Å². The molecular formula is C8H13N5O. The number of amides is 1. The Balaban J connectivity index is 1.78. The number of hydrogen-bond acceptors (Lipinski definition) is 4. The monoisotopic (exact) mass is 195 g/mol. The van der Waals surface area contributed by atoms with Gasteiger partial charge < -0.3 is 10.6 Å². The second kappa shape index (κ2) is 4.19. The molecule has 1 aliphatic heterocycles. The van der Waals surface area contributed by atoms with Crippen molar-refractivity contribution < 1.29 is 4.79 Å². The van der Waals surface area contributed by atoms with Gasteiger partial charge in [-0.3, -0.25) is 4.79 Å². The quantitative estimate of drug-likeness (QED) is 0.632. The van der Waals surface area contributed by atoms with Gasteiger partial charge in [0, 0.05) is 18.8 Å². The minimum atomic E-state index is -0.01000. The van der Waals surface area contributed by atoms with Gasteiger partial charge in [0.1, 0.15) is 6.54 Å². The molecule has 1 saturated heterocycles. The van der Waals surface area contributed by atoms with Gasteiger partial charge in [-0.05, 0) is 13.0 Å². The predicted molar refractivity (Wildman–Crippen MR) is 49.4 cm³/mol. The Kier molecular flexibility index (Phi) is 2.73. The van der Waals surface area contributed by atoms with Crippen molar-refractivity contribution in [2.24, 2.45) is 0 Å². The van der Waals surface area contributed by atoms with Crippen LogP contribution in [0.4, 0.5) is 0 Å². The fourth-order valence-electron chi connectivity index (χ4n) is 1.52. The van der Waals surface area contributed by atoms with E-state index in [-0.39, 0.29) is 18.5 Å². The number of nitrogens with zero attached hydrogens (tertiary/aromatic N) is 3. The first kappa shape index (κ1) is 9.14. The van der Waals surface area contributed by atoms with Crippen LogP contribution in [0, 0.1) is 0 Å². The Morgan fingerprint density at radius 2 is 2.64 bits per heavy atom. The van der Waals surface area contributed by atoms with Gasteiger partial charge in [-0.15, -0.1) is 5.10 Å². The summed E-state index contributed by atoms with van der Waals surface area (Å²) in [7, 11) is 0. The highest BCUT2D eigenvalue weighted by atomic mass is 16.2. The van der Waals surface area contributed by atoms with Crippen molar-refractivity contribution in [2.45, 2.75) is 19.0 Å². The van der Waals surface area contributed by atoms with Crippen LogP contribution < -0.4 is 10.6 Å². The standard InChI is InChI=1S/C8H13N5O/c14-8(6-13-4-3-10-12-13)11-7-1-2-9-5-7/h3-4,7,9H,1-2,5-6H2,(H,11,14)/t7-/m1/s1. The van der Waals surface area contributed by atoms with Gasteiger partial charge in [0.25, 0.3) is 0 Å². The fourth-order valence-corrected chi connectivity index (χ4v) is 1.52. The molecule has 1 aromatic heterocycles. The predicted octanol–water partition coefficient (Wildman–Crippen LogP) is -1.24. The first-order chi connectivity index (χ1) is 6.84. The minimum absolute atomic E-state index is 0.01000. The average Bonchev–Trinajstić information content (AvgIpc) is 2.76. The van der Waals surface area contributed by atoms with Crippen LogP contribution in [-0.4, -0.2) is 40.0 Å². The molecule has 14 heavy (non-hydrogen) atoms. The van der Waals surface area contributed by atoms with Crippen molar-refractivity contribution in [2.75, 3.05) is 13.1 Å². The van der Waals surface area contributed by atoms with E-state index in [0.29, 0.717) is 0 Å². The smallest absolute Gasteiger partial charge is 0.242 e. The van der Waals surface area contributed by atoms with Gasteiger partial charge in [0.2, 0.25) is 5.91 Å². The van der Waals surface area contributed by atoms with E-state index >= 15 is 0 Å². The van der Waals surface area contributed by atoms with E-state index < -0.39 is 0 Å². The number of carbonyl (C=O) groups excluding carboxylic acids is 1. The first-order valence-corrected chi connectivity index (χ1v) is 4.69. The van der Waals surface area contributed by atoms with Crippen molar-refractivity contribution in [3.63, 3.8) is 0 Å². The zero-order valence-corrected chi connectivity index (χ0v) is 7.81. The molecule has 1 aliphatic rings. The highest BCUT2D eigenvalue weighted by Gasteiger charge is 2.16. The van der Waals surface area contributed by atoms with Crippen LogP contribution in [0.15, 0.2) is 12.4 Å². The fraction of sp³-hybridized carbons (Fsp3) is 0.625. The molecule has 1 fully saturated rings. The molecule has 76 valence electrons. The maximum Gasteiger partial charge on any atom is 0.242 e. The molecule has 0 saturated carbocycles. The normalized spacial score (nSPS) is 21.0. The van der Waals surface area contributed by atoms with Gasteiger partial charge in [-0.2, -0.15) is 0 Å². The van der Waals surface area contributed by atoms with E-state index in [0.717, 1.165) is 19.5 Å². The molecule has 2 rings (SSSR count). The highest BCUT2D eigenvalue weighted by molar-refractivity contribution is 5.75. The average molecular weight is 195 g/mol. The third-order valence-electron chi connectivity index (χ3n) is 2.20. The summed E-state index contributed by atoms with van der Waals surface area (Å²) in [5, 5.41) is 13.5. The van der Waals surface area contributed by atoms with Crippen molar-refractivity contribution in [1.29, 1.82) is 0 Å². The number of nitrogens with one attached hydrogen (secondary N) is 2. The minimum Gasteiger partial charge on any atom is -0.350 e. The molecule has 0 unspecified atom stereocenters. The van der Waals surface area contributed by atoms with Crippen molar-refractivity contribution in [3.8, 4) is 0 Å². The summed E-state index contributed by atoms with van der Waals surface area (Å²) < 4.78 is 1.51. The molecule has 0 bridgehead atoms. The molecule has 0 aliphatic carbocycles. The maximum atomic E-state index is 11.4. The number of aromatic nitrogens is 3. The summed E-state index contributed by atoms with van der Waals surface area (Å²) >= 11 is 0. The maximum absolute atomic E-state index is 11.4. The van der Waals surface area contributed by atoms with E-state index in [4.69, 9.17) is 0 Å². The lowest BCUT2D eigenvalue weighted by Gasteiger charge is -2.10. The van der Waals surface area contributed by atoms with Crippen LogP contribution in [-0.2, 0) is 11.3 Å². The molecule has 0 spiro atoms. The molecule has 2 N–H and O–H groups in total. The summed E-state index contributed by atoms with van der Waals surface area (Å²) in [5.41, 5.74) is 0. The van der Waals surface area contributed by atoms with Gasteiger partial charge in [-0.1, -0.05) is 5.21 Å². The molecule has 6 nitrogen and oxygen atoms in total. The number of carbonyl (C=O) groups is 1. The van der Waals surface area contributed by atoms with Crippen molar-refractivity contribution in [3.05, 3.63) is 12.4 Å².